The number of oxazole rings is 1. The molecular formula is C18H17FN2O3. The van der Waals surface area contributed by atoms with Crippen molar-refractivity contribution in [2.24, 2.45) is 7.05 Å². The fourth-order valence-electron chi connectivity index (χ4n) is 2.59. The first-order chi connectivity index (χ1) is 11.3. The summed E-state index contributed by atoms with van der Waals surface area (Å²) in [6.45, 7) is 3.31. The predicted octanol–water partition coefficient (Wildman–Crippen LogP) is 3.19. The molecule has 24 heavy (non-hydrogen) atoms. The van der Waals surface area contributed by atoms with Crippen molar-refractivity contribution >= 4 is 22.7 Å². The second-order valence-corrected chi connectivity index (χ2v) is 6.17. The number of nitrogens with one attached hydrogen (secondary N) is 1. The van der Waals surface area contributed by atoms with E-state index in [1.807, 2.05) is 0 Å². The number of amides is 1. The average Bonchev–Trinajstić information content (AvgIpc) is 2.81. The Kier molecular flexibility index (Phi) is 3.75. The van der Waals surface area contributed by atoms with Gasteiger partial charge < -0.3 is 9.73 Å². The lowest BCUT2D eigenvalue weighted by atomic mass is 9.83. The molecule has 1 N–H and O–H groups in total. The summed E-state index contributed by atoms with van der Waals surface area (Å²) < 4.78 is 20.5. The van der Waals surface area contributed by atoms with Gasteiger partial charge in [0, 0.05) is 24.4 Å². The number of carbonyl (C=O) groups is 1. The Balaban J connectivity index is 1.91. The molecule has 1 aromatic heterocycles. The monoisotopic (exact) mass is 328 g/mol. The highest BCUT2D eigenvalue weighted by molar-refractivity contribution is 5.99. The maximum Gasteiger partial charge on any atom is 0.419 e. The minimum absolute atomic E-state index is 0.315. The van der Waals surface area contributed by atoms with Gasteiger partial charge in [0.15, 0.2) is 5.58 Å². The molecule has 5 nitrogen and oxygen atoms in total. The largest absolute Gasteiger partial charge is 0.419 e. The lowest BCUT2D eigenvalue weighted by Gasteiger charge is -2.24. The van der Waals surface area contributed by atoms with Crippen molar-refractivity contribution < 1.29 is 13.6 Å². The number of fused-ring (bicyclic) bond motifs is 1. The normalized spacial score (nSPS) is 11.7. The summed E-state index contributed by atoms with van der Waals surface area (Å²) in [5.41, 5.74) is 0.745. The van der Waals surface area contributed by atoms with Crippen LogP contribution in [0.2, 0.25) is 0 Å². The molecule has 0 unspecified atom stereocenters. The minimum atomic E-state index is -1.06. The van der Waals surface area contributed by atoms with Crippen LogP contribution < -0.4 is 11.1 Å². The van der Waals surface area contributed by atoms with E-state index in [9.17, 15) is 14.0 Å². The van der Waals surface area contributed by atoms with Gasteiger partial charge in [-0.05, 0) is 32.0 Å². The molecule has 0 radical (unpaired) electrons. The Morgan fingerprint density at radius 2 is 1.92 bits per heavy atom. The zero-order chi connectivity index (χ0) is 17.5. The number of nitrogens with zero attached hydrogens (tertiary/aromatic N) is 1. The summed E-state index contributed by atoms with van der Waals surface area (Å²) in [7, 11) is 1.60. The summed E-state index contributed by atoms with van der Waals surface area (Å²) in [6, 6.07) is 11.1. The van der Waals surface area contributed by atoms with E-state index in [1.54, 1.807) is 57.3 Å². The highest BCUT2D eigenvalue weighted by atomic mass is 19.1. The van der Waals surface area contributed by atoms with Gasteiger partial charge in [0.1, 0.15) is 5.82 Å². The molecule has 3 rings (SSSR count). The van der Waals surface area contributed by atoms with E-state index in [2.05, 4.69) is 5.32 Å². The first-order valence-electron chi connectivity index (χ1n) is 7.47. The zero-order valence-corrected chi connectivity index (χ0v) is 13.6. The highest BCUT2D eigenvalue weighted by Gasteiger charge is 2.32. The minimum Gasteiger partial charge on any atom is -0.408 e. The Hall–Kier alpha value is -2.89. The highest BCUT2D eigenvalue weighted by Crippen LogP contribution is 2.28. The van der Waals surface area contributed by atoms with Crippen molar-refractivity contribution in [3.8, 4) is 0 Å². The molecule has 124 valence electrons. The summed E-state index contributed by atoms with van der Waals surface area (Å²) in [5, 5.41) is 2.75. The van der Waals surface area contributed by atoms with Crippen LogP contribution in [-0.2, 0) is 17.3 Å². The molecule has 1 amide bonds. The van der Waals surface area contributed by atoms with Crippen LogP contribution in [0.25, 0.3) is 11.1 Å². The molecule has 0 aliphatic carbocycles. The van der Waals surface area contributed by atoms with Crippen molar-refractivity contribution in [1.82, 2.24) is 4.57 Å². The van der Waals surface area contributed by atoms with Gasteiger partial charge in [-0.2, -0.15) is 0 Å². The van der Waals surface area contributed by atoms with Crippen LogP contribution in [0.4, 0.5) is 10.1 Å². The number of hydrogen-bond donors (Lipinski definition) is 1. The number of aryl methyl sites for hydroxylation is 1. The molecule has 6 heteroatoms. The van der Waals surface area contributed by atoms with Gasteiger partial charge in [-0.1, -0.05) is 18.2 Å². The van der Waals surface area contributed by atoms with Crippen LogP contribution in [0.1, 0.15) is 19.4 Å². The fraction of sp³-hybridized carbons (Fsp3) is 0.222. The first-order valence-corrected chi connectivity index (χ1v) is 7.47. The van der Waals surface area contributed by atoms with Crippen molar-refractivity contribution in [2.75, 3.05) is 5.32 Å². The maximum absolute atomic E-state index is 14.0. The molecule has 2 aromatic carbocycles. The SMILES string of the molecule is Cn1c(=O)oc2cc(NC(=O)C(C)(C)c3ccccc3F)ccc21. The zero-order valence-electron chi connectivity index (χ0n) is 13.6. The van der Waals surface area contributed by atoms with Gasteiger partial charge in [-0.3, -0.25) is 9.36 Å². The number of rotatable bonds is 3. The smallest absolute Gasteiger partial charge is 0.408 e. The van der Waals surface area contributed by atoms with Crippen LogP contribution >= 0.6 is 0 Å². The Labute approximate surface area is 137 Å². The quantitative estimate of drug-likeness (QED) is 0.803. The molecule has 0 spiro atoms. The van der Waals surface area contributed by atoms with Crippen LogP contribution in [0.5, 0.6) is 0 Å². The number of anilines is 1. The fourth-order valence-corrected chi connectivity index (χ4v) is 2.59. The Bertz CT molecular complexity index is 985. The van der Waals surface area contributed by atoms with E-state index in [4.69, 9.17) is 4.42 Å². The average molecular weight is 328 g/mol. The Morgan fingerprint density at radius 3 is 2.62 bits per heavy atom. The molecule has 0 aliphatic rings. The van der Waals surface area contributed by atoms with Gasteiger partial charge in [-0.15, -0.1) is 0 Å². The summed E-state index contributed by atoms with van der Waals surface area (Å²) in [6.07, 6.45) is 0. The van der Waals surface area contributed by atoms with E-state index in [0.717, 1.165) is 0 Å². The molecule has 0 bridgehead atoms. The van der Waals surface area contributed by atoms with Crippen molar-refractivity contribution in [1.29, 1.82) is 0 Å². The molecule has 0 fully saturated rings. The third kappa shape index (κ3) is 2.60. The topological polar surface area (TPSA) is 64.2 Å². The second kappa shape index (κ2) is 5.63. The number of carbonyl (C=O) groups excluding carboxylic acids is 1. The van der Waals surface area contributed by atoms with Crippen molar-refractivity contribution in [3.63, 3.8) is 0 Å². The van der Waals surface area contributed by atoms with E-state index in [-0.39, 0.29) is 5.91 Å². The number of benzene rings is 2. The van der Waals surface area contributed by atoms with Crippen molar-refractivity contribution in [2.45, 2.75) is 19.3 Å². The molecule has 0 saturated carbocycles. The van der Waals surface area contributed by atoms with Crippen molar-refractivity contribution in [3.05, 3.63) is 64.4 Å². The molecule has 3 aromatic rings. The number of aromatic nitrogens is 1. The van der Waals surface area contributed by atoms with Crippen LogP contribution in [0.15, 0.2) is 51.7 Å². The third-order valence-corrected chi connectivity index (χ3v) is 4.17. The van der Waals surface area contributed by atoms with Crippen LogP contribution in [-0.4, -0.2) is 10.5 Å². The molecule has 0 aliphatic heterocycles. The summed E-state index contributed by atoms with van der Waals surface area (Å²) >= 11 is 0. The number of hydrogen-bond acceptors (Lipinski definition) is 3. The molecule has 1 heterocycles. The van der Waals surface area contributed by atoms with E-state index in [0.29, 0.717) is 22.4 Å². The maximum atomic E-state index is 14.0. The molecule has 0 saturated heterocycles. The van der Waals surface area contributed by atoms with Gasteiger partial charge in [0.05, 0.1) is 10.9 Å². The molecule has 0 atom stereocenters. The summed E-state index contributed by atoms with van der Waals surface area (Å²) in [4.78, 5) is 24.1. The summed E-state index contributed by atoms with van der Waals surface area (Å²) in [5.74, 6) is -1.26. The lowest BCUT2D eigenvalue weighted by Crippen LogP contribution is -2.35. The Morgan fingerprint density at radius 1 is 1.21 bits per heavy atom. The lowest BCUT2D eigenvalue weighted by molar-refractivity contribution is -0.120. The van der Waals surface area contributed by atoms with Gasteiger partial charge >= 0.3 is 5.76 Å². The first kappa shape index (κ1) is 16.0. The van der Waals surface area contributed by atoms with E-state index in [1.165, 1.54) is 10.6 Å². The van der Waals surface area contributed by atoms with Gasteiger partial charge in [-0.25, -0.2) is 9.18 Å². The van der Waals surface area contributed by atoms with Crippen LogP contribution in [0.3, 0.4) is 0 Å². The van der Waals surface area contributed by atoms with E-state index >= 15 is 0 Å². The van der Waals surface area contributed by atoms with Gasteiger partial charge in [0.25, 0.3) is 0 Å². The third-order valence-electron chi connectivity index (χ3n) is 4.17. The van der Waals surface area contributed by atoms with Gasteiger partial charge in [0.2, 0.25) is 5.91 Å². The van der Waals surface area contributed by atoms with E-state index < -0.39 is 17.0 Å². The number of halogens is 1. The second-order valence-electron chi connectivity index (χ2n) is 6.17. The van der Waals surface area contributed by atoms with Crippen LogP contribution in [0, 0.1) is 5.82 Å². The standard InChI is InChI=1S/C18H17FN2O3/c1-18(2,12-6-4-5-7-13(12)19)16(22)20-11-8-9-14-15(10-11)24-17(23)21(14)3/h4-10H,1-3H3,(H,20,22). The predicted molar refractivity (Wildman–Crippen MR) is 89.5 cm³/mol. The molecular weight excluding hydrogens is 311 g/mol.